The smallest absolute Gasteiger partial charge is 0.313 e. The lowest BCUT2D eigenvalue weighted by molar-refractivity contribution is -0.136. The maximum Gasteiger partial charge on any atom is 0.313 e. The van der Waals surface area contributed by atoms with E-state index in [2.05, 4.69) is 15.6 Å². The van der Waals surface area contributed by atoms with Gasteiger partial charge in [-0.2, -0.15) is 0 Å². The molecule has 0 saturated carbocycles. The zero-order valence-corrected chi connectivity index (χ0v) is 16.0. The van der Waals surface area contributed by atoms with E-state index in [1.165, 1.54) is 18.3 Å². The van der Waals surface area contributed by atoms with Crippen molar-refractivity contribution in [1.82, 2.24) is 5.32 Å². The number of rotatable bonds is 5. The van der Waals surface area contributed by atoms with Crippen LogP contribution in [0.4, 0.5) is 15.8 Å². The molecule has 7 heteroatoms. The van der Waals surface area contributed by atoms with Gasteiger partial charge in [-0.3, -0.25) is 14.6 Å². The first-order chi connectivity index (χ1) is 13.9. The lowest BCUT2D eigenvalue weighted by Gasteiger charge is -2.07. The first-order valence-electron chi connectivity index (χ1n) is 8.95. The molecule has 29 heavy (non-hydrogen) atoms. The number of hydrogen-bond acceptors (Lipinski definition) is 4. The molecule has 1 aromatic heterocycles. The van der Waals surface area contributed by atoms with E-state index in [1.54, 1.807) is 36.4 Å². The fourth-order valence-electron chi connectivity index (χ4n) is 2.48. The van der Waals surface area contributed by atoms with Gasteiger partial charge in [-0.25, -0.2) is 4.39 Å². The molecule has 0 radical (unpaired) electrons. The molecule has 0 aliphatic heterocycles. The molecule has 0 bridgehead atoms. The van der Waals surface area contributed by atoms with Gasteiger partial charge in [0.1, 0.15) is 17.3 Å². The number of amides is 2. The quantitative estimate of drug-likeness (QED) is 0.507. The van der Waals surface area contributed by atoms with Gasteiger partial charge in [0.15, 0.2) is 0 Å². The molecule has 0 unspecified atom stereocenters. The third-order valence-corrected chi connectivity index (χ3v) is 4.24. The van der Waals surface area contributed by atoms with Crippen molar-refractivity contribution in [1.29, 1.82) is 0 Å². The van der Waals surface area contributed by atoms with E-state index < -0.39 is 11.8 Å². The number of carbonyl (C=O) groups is 2. The summed E-state index contributed by atoms with van der Waals surface area (Å²) in [6, 6.07) is 14.5. The van der Waals surface area contributed by atoms with E-state index in [-0.39, 0.29) is 12.4 Å². The van der Waals surface area contributed by atoms with Crippen LogP contribution in [0.1, 0.15) is 22.6 Å². The van der Waals surface area contributed by atoms with E-state index >= 15 is 0 Å². The molecule has 0 aliphatic rings. The Kier molecular flexibility index (Phi) is 6.19. The van der Waals surface area contributed by atoms with Gasteiger partial charge in [0.2, 0.25) is 0 Å². The third-order valence-electron chi connectivity index (χ3n) is 4.24. The molecule has 2 aromatic carbocycles. The van der Waals surface area contributed by atoms with Crippen molar-refractivity contribution in [3.05, 3.63) is 83.1 Å². The van der Waals surface area contributed by atoms with E-state index in [9.17, 15) is 14.0 Å². The largest absolute Gasteiger partial charge is 0.458 e. The van der Waals surface area contributed by atoms with E-state index in [0.717, 1.165) is 11.1 Å². The molecule has 148 valence electrons. The van der Waals surface area contributed by atoms with Gasteiger partial charge in [0.05, 0.1) is 18.4 Å². The highest BCUT2D eigenvalue weighted by Crippen LogP contribution is 2.15. The summed E-state index contributed by atoms with van der Waals surface area (Å²) < 4.78 is 18.4. The lowest BCUT2D eigenvalue weighted by Crippen LogP contribution is -2.34. The second kappa shape index (κ2) is 8.97. The topological polar surface area (TPSA) is 83.7 Å². The summed E-state index contributed by atoms with van der Waals surface area (Å²) in [5.74, 6) is -0.906. The van der Waals surface area contributed by atoms with Crippen molar-refractivity contribution in [2.24, 2.45) is 4.99 Å². The fourth-order valence-corrected chi connectivity index (χ4v) is 2.48. The van der Waals surface area contributed by atoms with Gasteiger partial charge in [-0.15, -0.1) is 0 Å². The highest BCUT2D eigenvalue weighted by Gasteiger charge is 2.14. The summed E-state index contributed by atoms with van der Waals surface area (Å²) in [6.07, 6.45) is 1.49. The number of benzene rings is 2. The van der Waals surface area contributed by atoms with Crippen molar-refractivity contribution in [2.75, 3.05) is 5.32 Å². The van der Waals surface area contributed by atoms with E-state index in [1.807, 2.05) is 19.9 Å². The van der Waals surface area contributed by atoms with Gasteiger partial charge < -0.3 is 15.1 Å². The van der Waals surface area contributed by atoms with Crippen LogP contribution in [0.3, 0.4) is 0 Å². The maximum atomic E-state index is 12.9. The number of furan rings is 1. The average Bonchev–Trinajstić information content (AvgIpc) is 3.16. The van der Waals surface area contributed by atoms with Gasteiger partial charge in [-0.1, -0.05) is 6.07 Å². The minimum Gasteiger partial charge on any atom is -0.458 e. The number of nitrogens with one attached hydrogen (secondary N) is 2. The van der Waals surface area contributed by atoms with Crippen LogP contribution >= 0.6 is 0 Å². The zero-order valence-electron chi connectivity index (χ0n) is 16.0. The zero-order chi connectivity index (χ0) is 20.8. The highest BCUT2D eigenvalue weighted by atomic mass is 19.1. The van der Waals surface area contributed by atoms with Crippen molar-refractivity contribution in [3.63, 3.8) is 0 Å². The number of carbonyl (C=O) groups excluding carboxylic acids is 2. The first-order valence-corrected chi connectivity index (χ1v) is 8.95. The molecule has 6 nitrogen and oxygen atoms in total. The minimum absolute atomic E-state index is 0.0591. The SMILES string of the molecule is Cc1ccc(NC(=O)C(=O)NCc2ccc(C=Nc3ccc(F)cc3)o2)cc1C. The second-order valence-electron chi connectivity index (χ2n) is 6.47. The molecule has 1 heterocycles. The summed E-state index contributed by atoms with van der Waals surface area (Å²) in [5, 5.41) is 5.07. The number of hydrogen-bond donors (Lipinski definition) is 2. The predicted molar refractivity (Wildman–Crippen MR) is 109 cm³/mol. The van der Waals surface area contributed by atoms with Crippen molar-refractivity contribution in [2.45, 2.75) is 20.4 Å². The summed E-state index contributed by atoms with van der Waals surface area (Å²) in [5.41, 5.74) is 3.27. The standard InChI is InChI=1S/C22H20FN3O3/c1-14-3-6-18(11-15(14)2)26-22(28)21(27)25-13-20-10-9-19(29-20)12-24-17-7-4-16(23)5-8-17/h3-12H,13H2,1-2H3,(H,25,27)(H,26,28). The number of aryl methyl sites for hydroxylation is 2. The minimum atomic E-state index is -0.763. The van der Waals surface area contributed by atoms with Gasteiger partial charge in [-0.05, 0) is 73.5 Å². The molecule has 2 amide bonds. The number of aliphatic imine (C=N–C) groups is 1. The van der Waals surface area contributed by atoms with Crippen LogP contribution in [-0.4, -0.2) is 18.0 Å². The summed E-state index contributed by atoms with van der Waals surface area (Å²) >= 11 is 0. The van der Waals surface area contributed by atoms with Crippen LogP contribution in [0.2, 0.25) is 0 Å². The van der Waals surface area contributed by atoms with Crippen molar-refractivity contribution < 1.29 is 18.4 Å². The number of anilines is 1. The van der Waals surface area contributed by atoms with Crippen LogP contribution in [0, 0.1) is 19.7 Å². The predicted octanol–water partition coefficient (Wildman–Crippen LogP) is 4.04. The number of halogens is 1. The van der Waals surface area contributed by atoms with Crippen LogP contribution in [0.5, 0.6) is 0 Å². The monoisotopic (exact) mass is 393 g/mol. The van der Waals surface area contributed by atoms with E-state index in [4.69, 9.17) is 4.42 Å². The molecule has 0 spiro atoms. The Bertz CT molecular complexity index is 1060. The Morgan fingerprint density at radius 2 is 1.76 bits per heavy atom. The molecule has 0 atom stereocenters. The van der Waals surface area contributed by atoms with Crippen LogP contribution in [0.25, 0.3) is 0 Å². The lowest BCUT2D eigenvalue weighted by atomic mass is 10.1. The second-order valence-corrected chi connectivity index (χ2v) is 6.47. The Labute approximate surface area is 167 Å². The average molecular weight is 393 g/mol. The van der Waals surface area contributed by atoms with Crippen molar-refractivity contribution >= 4 is 29.4 Å². The molecule has 0 saturated heterocycles. The van der Waals surface area contributed by atoms with Crippen LogP contribution in [0.15, 0.2) is 64.0 Å². The Morgan fingerprint density at radius 3 is 2.48 bits per heavy atom. The van der Waals surface area contributed by atoms with Gasteiger partial charge >= 0.3 is 11.8 Å². The fraction of sp³-hybridized carbons (Fsp3) is 0.136. The third kappa shape index (κ3) is 5.62. The first kappa shape index (κ1) is 20.0. The molecule has 2 N–H and O–H groups in total. The van der Waals surface area contributed by atoms with Crippen LogP contribution in [-0.2, 0) is 16.1 Å². The van der Waals surface area contributed by atoms with Gasteiger partial charge in [0, 0.05) is 5.69 Å². The normalized spacial score (nSPS) is 10.9. The summed E-state index contributed by atoms with van der Waals surface area (Å²) in [4.78, 5) is 28.2. The highest BCUT2D eigenvalue weighted by molar-refractivity contribution is 6.39. The van der Waals surface area contributed by atoms with E-state index in [0.29, 0.717) is 22.9 Å². The summed E-state index contributed by atoms with van der Waals surface area (Å²) in [6.45, 7) is 3.96. The van der Waals surface area contributed by atoms with Crippen molar-refractivity contribution in [3.8, 4) is 0 Å². The molecule has 0 aliphatic carbocycles. The Hall–Kier alpha value is -3.74. The molecular weight excluding hydrogens is 373 g/mol. The molecule has 0 fully saturated rings. The summed E-state index contributed by atoms with van der Waals surface area (Å²) in [7, 11) is 0. The number of nitrogens with zero attached hydrogens (tertiary/aromatic N) is 1. The van der Waals surface area contributed by atoms with Gasteiger partial charge in [0.25, 0.3) is 0 Å². The van der Waals surface area contributed by atoms with Crippen LogP contribution < -0.4 is 10.6 Å². The molecule has 3 aromatic rings. The molecule has 3 rings (SSSR count). The Morgan fingerprint density at radius 1 is 1.00 bits per heavy atom. The maximum absolute atomic E-state index is 12.9. The Balaban J connectivity index is 1.51. The molecular formula is C22H20FN3O3.